The second-order valence-corrected chi connectivity index (χ2v) is 4.87. The maximum absolute atomic E-state index is 13.8. The van der Waals surface area contributed by atoms with Crippen LogP contribution in [0.5, 0.6) is 0 Å². The van der Waals surface area contributed by atoms with Gasteiger partial charge in [0.15, 0.2) is 0 Å². The average molecular weight is 278 g/mol. The maximum atomic E-state index is 13.8. The third-order valence-corrected chi connectivity index (χ3v) is 3.47. The van der Waals surface area contributed by atoms with E-state index in [0.29, 0.717) is 12.1 Å². The van der Waals surface area contributed by atoms with Crippen LogP contribution >= 0.6 is 11.6 Å². The van der Waals surface area contributed by atoms with E-state index in [4.69, 9.17) is 11.6 Å². The number of hydrogen-bond donors (Lipinski definition) is 1. The Labute approximate surface area is 118 Å². The largest absolute Gasteiger partial charge is 0.306 e. The molecule has 1 N–H and O–H groups in total. The monoisotopic (exact) mass is 277 g/mol. The molecule has 19 heavy (non-hydrogen) atoms. The van der Waals surface area contributed by atoms with Crippen molar-refractivity contribution in [3.63, 3.8) is 0 Å². The van der Waals surface area contributed by atoms with Crippen LogP contribution < -0.4 is 5.32 Å². The van der Waals surface area contributed by atoms with Crippen LogP contribution in [0.3, 0.4) is 0 Å². The van der Waals surface area contributed by atoms with Crippen LogP contribution in [-0.2, 0) is 6.54 Å². The van der Waals surface area contributed by atoms with Gasteiger partial charge in [-0.1, -0.05) is 61.0 Å². The Morgan fingerprint density at radius 3 is 2.53 bits per heavy atom. The van der Waals surface area contributed by atoms with E-state index in [2.05, 4.69) is 24.4 Å². The Morgan fingerprint density at radius 1 is 1.11 bits per heavy atom. The maximum Gasteiger partial charge on any atom is 0.146 e. The molecule has 100 valence electrons. The summed E-state index contributed by atoms with van der Waals surface area (Å²) < 4.78 is 13.8. The highest BCUT2D eigenvalue weighted by Crippen LogP contribution is 2.20. The zero-order valence-corrected chi connectivity index (χ0v) is 11.6. The summed E-state index contributed by atoms with van der Waals surface area (Å²) in [6.07, 6.45) is 0.951. The van der Waals surface area contributed by atoms with Crippen molar-refractivity contribution in [1.29, 1.82) is 0 Å². The molecule has 0 aliphatic rings. The fraction of sp³-hybridized carbons (Fsp3) is 0.250. The smallest absolute Gasteiger partial charge is 0.146 e. The van der Waals surface area contributed by atoms with E-state index in [0.717, 1.165) is 6.42 Å². The summed E-state index contributed by atoms with van der Waals surface area (Å²) in [6, 6.07) is 15.5. The third kappa shape index (κ3) is 3.55. The van der Waals surface area contributed by atoms with Crippen LogP contribution in [0.2, 0.25) is 5.02 Å². The van der Waals surface area contributed by atoms with Gasteiger partial charge in [0, 0.05) is 18.2 Å². The molecule has 0 heterocycles. The van der Waals surface area contributed by atoms with Gasteiger partial charge in [-0.3, -0.25) is 0 Å². The minimum Gasteiger partial charge on any atom is -0.306 e. The molecule has 0 bridgehead atoms. The Hall–Kier alpha value is -1.38. The molecular weight excluding hydrogens is 261 g/mol. The Balaban J connectivity index is 2.06. The predicted octanol–water partition coefficient (Wildman–Crippen LogP) is 4.72. The van der Waals surface area contributed by atoms with Crippen molar-refractivity contribution in [2.75, 3.05) is 0 Å². The first-order chi connectivity index (χ1) is 9.22. The first kappa shape index (κ1) is 14.0. The zero-order chi connectivity index (χ0) is 13.7. The molecular formula is C16H17ClFN. The van der Waals surface area contributed by atoms with Crippen LogP contribution in [0, 0.1) is 5.82 Å². The lowest BCUT2D eigenvalue weighted by Crippen LogP contribution is -2.20. The lowest BCUT2D eigenvalue weighted by Gasteiger charge is -2.17. The first-order valence-corrected chi connectivity index (χ1v) is 6.81. The molecule has 0 radical (unpaired) electrons. The lowest BCUT2D eigenvalue weighted by atomic mass is 10.0. The molecule has 2 rings (SSSR count). The van der Waals surface area contributed by atoms with Gasteiger partial charge in [0.25, 0.3) is 0 Å². The molecule has 0 aliphatic heterocycles. The van der Waals surface area contributed by atoms with Gasteiger partial charge in [0.1, 0.15) is 5.82 Å². The molecule has 1 atom stereocenters. The molecule has 2 aromatic rings. The zero-order valence-electron chi connectivity index (χ0n) is 10.9. The standard InChI is InChI=1S/C16H17ClFN/c1-2-15(12-7-4-3-5-8-12)19-11-13-9-6-10-14(17)16(13)18/h3-10,15,19H,2,11H2,1H3. The van der Waals surface area contributed by atoms with Crippen LogP contribution in [0.1, 0.15) is 30.5 Å². The van der Waals surface area contributed by atoms with Gasteiger partial charge in [-0.2, -0.15) is 0 Å². The quantitative estimate of drug-likeness (QED) is 0.834. The van der Waals surface area contributed by atoms with Crippen molar-refractivity contribution in [2.24, 2.45) is 0 Å². The van der Waals surface area contributed by atoms with Crippen molar-refractivity contribution in [2.45, 2.75) is 25.9 Å². The lowest BCUT2D eigenvalue weighted by molar-refractivity contribution is 0.504. The van der Waals surface area contributed by atoms with Gasteiger partial charge >= 0.3 is 0 Å². The van der Waals surface area contributed by atoms with E-state index < -0.39 is 0 Å². The van der Waals surface area contributed by atoms with Gasteiger partial charge in [-0.25, -0.2) is 4.39 Å². The summed E-state index contributed by atoms with van der Waals surface area (Å²) in [5.41, 5.74) is 1.81. The Bertz CT molecular complexity index is 528. The topological polar surface area (TPSA) is 12.0 Å². The van der Waals surface area contributed by atoms with Gasteiger partial charge in [0.2, 0.25) is 0 Å². The third-order valence-electron chi connectivity index (χ3n) is 3.18. The van der Waals surface area contributed by atoms with Gasteiger partial charge in [-0.15, -0.1) is 0 Å². The molecule has 0 fully saturated rings. The van der Waals surface area contributed by atoms with Crippen LogP contribution in [0.4, 0.5) is 4.39 Å². The second kappa shape index (κ2) is 6.69. The number of rotatable bonds is 5. The highest BCUT2D eigenvalue weighted by molar-refractivity contribution is 6.30. The van der Waals surface area contributed by atoms with Crippen LogP contribution in [-0.4, -0.2) is 0 Å². The number of benzene rings is 2. The summed E-state index contributed by atoms with van der Waals surface area (Å²) >= 11 is 5.78. The van der Waals surface area contributed by atoms with Gasteiger partial charge < -0.3 is 5.32 Å². The van der Waals surface area contributed by atoms with Gasteiger partial charge in [-0.05, 0) is 18.1 Å². The summed E-state index contributed by atoms with van der Waals surface area (Å²) in [7, 11) is 0. The van der Waals surface area contributed by atoms with E-state index in [1.807, 2.05) is 18.2 Å². The second-order valence-electron chi connectivity index (χ2n) is 4.47. The molecule has 0 aromatic heterocycles. The summed E-state index contributed by atoms with van der Waals surface area (Å²) in [6.45, 7) is 2.58. The molecule has 3 heteroatoms. The van der Waals surface area contributed by atoms with E-state index in [1.54, 1.807) is 18.2 Å². The van der Waals surface area contributed by atoms with E-state index >= 15 is 0 Å². The highest BCUT2D eigenvalue weighted by Gasteiger charge is 2.10. The normalized spacial score (nSPS) is 12.4. The van der Waals surface area contributed by atoms with E-state index in [9.17, 15) is 4.39 Å². The SMILES string of the molecule is CCC(NCc1cccc(Cl)c1F)c1ccccc1. The summed E-state index contributed by atoms with van der Waals surface area (Å²) in [4.78, 5) is 0. The molecule has 2 aromatic carbocycles. The Morgan fingerprint density at radius 2 is 1.84 bits per heavy atom. The molecule has 0 spiro atoms. The van der Waals surface area contributed by atoms with E-state index in [1.165, 1.54) is 5.56 Å². The van der Waals surface area contributed by atoms with Crippen molar-refractivity contribution >= 4 is 11.6 Å². The molecule has 1 nitrogen and oxygen atoms in total. The molecule has 0 saturated carbocycles. The van der Waals surface area contributed by atoms with E-state index in [-0.39, 0.29) is 16.9 Å². The number of nitrogens with one attached hydrogen (secondary N) is 1. The van der Waals surface area contributed by atoms with Crippen LogP contribution in [0.15, 0.2) is 48.5 Å². The van der Waals surface area contributed by atoms with Crippen molar-refractivity contribution in [1.82, 2.24) is 5.32 Å². The minimum atomic E-state index is -0.334. The Kier molecular flexibility index (Phi) is 4.94. The van der Waals surface area contributed by atoms with Gasteiger partial charge in [0.05, 0.1) is 5.02 Å². The van der Waals surface area contributed by atoms with Crippen molar-refractivity contribution < 1.29 is 4.39 Å². The molecule has 1 unspecified atom stereocenters. The summed E-state index contributed by atoms with van der Waals surface area (Å²) in [5, 5.41) is 3.54. The van der Waals surface area contributed by atoms with Crippen LogP contribution in [0.25, 0.3) is 0 Å². The number of hydrogen-bond acceptors (Lipinski definition) is 1. The first-order valence-electron chi connectivity index (χ1n) is 6.43. The fourth-order valence-electron chi connectivity index (χ4n) is 2.10. The fourth-order valence-corrected chi connectivity index (χ4v) is 2.30. The molecule has 0 aliphatic carbocycles. The molecule has 0 saturated heterocycles. The highest BCUT2D eigenvalue weighted by atomic mass is 35.5. The van der Waals surface area contributed by atoms with Crippen molar-refractivity contribution in [3.05, 3.63) is 70.5 Å². The number of halogens is 2. The summed E-state index contributed by atoms with van der Waals surface area (Å²) in [5.74, 6) is -0.334. The molecule has 0 amide bonds. The average Bonchev–Trinajstić information content (AvgIpc) is 2.45. The predicted molar refractivity (Wildman–Crippen MR) is 77.7 cm³/mol. The minimum absolute atomic E-state index is 0.173. The van der Waals surface area contributed by atoms with Crippen molar-refractivity contribution in [3.8, 4) is 0 Å².